The standard InChI is InChI=1S/C14H18FN3O/c1-9-12(18-14(16-2)17-9)6-4-10-8-11(15)5-7-13(10)19-3/h5,7-8H,4,6H2,1-3H3,(H2,16,17,18). The summed E-state index contributed by atoms with van der Waals surface area (Å²) in [6.07, 6.45) is 1.43. The number of methoxy groups -OCH3 is 1. The average molecular weight is 263 g/mol. The SMILES string of the molecule is CNc1nc(CCc2cc(F)ccc2OC)c(C)[nH]1. The molecule has 1 aromatic carbocycles. The van der Waals surface area contributed by atoms with Gasteiger partial charge in [0.25, 0.3) is 0 Å². The van der Waals surface area contributed by atoms with Gasteiger partial charge in [0, 0.05) is 12.7 Å². The molecule has 0 spiro atoms. The van der Waals surface area contributed by atoms with Gasteiger partial charge in [0.2, 0.25) is 0 Å². The van der Waals surface area contributed by atoms with Crippen molar-refractivity contribution in [2.24, 2.45) is 0 Å². The molecule has 0 saturated carbocycles. The largest absolute Gasteiger partial charge is 0.496 e. The molecule has 0 saturated heterocycles. The molecule has 2 aromatic rings. The van der Waals surface area contributed by atoms with E-state index in [1.807, 2.05) is 14.0 Å². The summed E-state index contributed by atoms with van der Waals surface area (Å²) in [5, 5.41) is 2.97. The number of nitrogens with one attached hydrogen (secondary N) is 2. The van der Waals surface area contributed by atoms with E-state index in [2.05, 4.69) is 15.3 Å². The van der Waals surface area contributed by atoms with Gasteiger partial charge in [-0.05, 0) is 43.5 Å². The first kappa shape index (κ1) is 13.4. The van der Waals surface area contributed by atoms with Crippen molar-refractivity contribution >= 4 is 5.95 Å². The molecule has 0 unspecified atom stereocenters. The van der Waals surface area contributed by atoms with Crippen molar-refractivity contribution in [1.29, 1.82) is 0 Å². The Morgan fingerprint density at radius 1 is 1.37 bits per heavy atom. The van der Waals surface area contributed by atoms with E-state index in [9.17, 15) is 4.39 Å². The van der Waals surface area contributed by atoms with Crippen LogP contribution < -0.4 is 10.1 Å². The molecule has 0 fully saturated rings. The number of hydrogen-bond donors (Lipinski definition) is 2. The maximum atomic E-state index is 13.3. The molecule has 4 nitrogen and oxygen atoms in total. The number of benzene rings is 1. The Hall–Kier alpha value is -2.04. The number of aromatic nitrogens is 2. The van der Waals surface area contributed by atoms with Crippen LogP contribution in [0.1, 0.15) is 17.0 Å². The van der Waals surface area contributed by atoms with Crippen molar-refractivity contribution in [3.05, 3.63) is 41.0 Å². The van der Waals surface area contributed by atoms with Crippen LogP contribution in [-0.2, 0) is 12.8 Å². The Morgan fingerprint density at radius 2 is 2.16 bits per heavy atom. The van der Waals surface area contributed by atoms with Gasteiger partial charge in [0.1, 0.15) is 11.6 Å². The van der Waals surface area contributed by atoms with Gasteiger partial charge < -0.3 is 15.0 Å². The molecule has 1 aromatic heterocycles. The van der Waals surface area contributed by atoms with Gasteiger partial charge in [0.05, 0.1) is 12.8 Å². The molecule has 2 N–H and O–H groups in total. The molecule has 0 atom stereocenters. The number of halogens is 1. The Bertz CT molecular complexity index is 566. The van der Waals surface area contributed by atoms with Crippen molar-refractivity contribution in [2.75, 3.05) is 19.5 Å². The quantitative estimate of drug-likeness (QED) is 0.872. The van der Waals surface area contributed by atoms with E-state index in [0.29, 0.717) is 12.2 Å². The van der Waals surface area contributed by atoms with Gasteiger partial charge >= 0.3 is 0 Å². The van der Waals surface area contributed by atoms with Crippen molar-refractivity contribution < 1.29 is 9.13 Å². The highest BCUT2D eigenvalue weighted by atomic mass is 19.1. The number of aryl methyl sites for hydroxylation is 3. The van der Waals surface area contributed by atoms with Crippen molar-refractivity contribution in [2.45, 2.75) is 19.8 Å². The third-order valence-corrected chi connectivity index (χ3v) is 3.10. The smallest absolute Gasteiger partial charge is 0.200 e. The molecule has 2 rings (SSSR count). The van der Waals surface area contributed by atoms with Crippen LogP contribution in [0.25, 0.3) is 0 Å². The van der Waals surface area contributed by atoms with Gasteiger partial charge in [-0.3, -0.25) is 0 Å². The first-order chi connectivity index (χ1) is 9.13. The number of anilines is 1. The molecule has 19 heavy (non-hydrogen) atoms. The van der Waals surface area contributed by atoms with Crippen LogP contribution in [0.15, 0.2) is 18.2 Å². The summed E-state index contributed by atoms with van der Waals surface area (Å²) in [4.78, 5) is 7.56. The summed E-state index contributed by atoms with van der Waals surface area (Å²) in [7, 11) is 3.41. The van der Waals surface area contributed by atoms with Gasteiger partial charge in [-0.1, -0.05) is 0 Å². The Labute approximate surface area is 112 Å². The zero-order valence-corrected chi connectivity index (χ0v) is 11.4. The number of rotatable bonds is 5. The first-order valence-electron chi connectivity index (χ1n) is 6.19. The third-order valence-electron chi connectivity index (χ3n) is 3.10. The van der Waals surface area contributed by atoms with E-state index in [4.69, 9.17) is 4.74 Å². The van der Waals surface area contributed by atoms with Crippen molar-refractivity contribution in [3.8, 4) is 5.75 Å². The number of imidazole rings is 1. The second-order valence-corrected chi connectivity index (χ2v) is 4.36. The Balaban J connectivity index is 2.13. The maximum absolute atomic E-state index is 13.3. The van der Waals surface area contributed by atoms with E-state index in [1.165, 1.54) is 12.1 Å². The normalized spacial score (nSPS) is 10.5. The number of H-pyrrole nitrogens is 1. The minimum Gasteiger partial charge on any atom is -0.496 e. The Kier molecular flexibility index (Phi) is 4.04. The highest BCUT2D eigenvalue weighted by Crippen LogP contribution is 2.21. The summed E-state index contributed by atoms with van der Waals surface area (Å²) >= 11 is 0. The van der Waals surface area contributed by atoms with Crippen LogP contribution in [0.3, 0.4) is 0 Å². The number of nitrogens with zero attached hydrogens (tertiary/aromatic N) is 1. The minimum absolute atomic E-state index is 0.245. The summed E-state index contributed by atoms with van der Waals surface area (Å²) in [6, 6.07) is 4.57. The molecular formula is C14H18FN3O. The van der Waals surface area contributed by atoms with Crippen molar-refractivity contribution in [3.63, 3.8) is 0 Å². The van der Waals surface area contributed by atoms with E-state index < -0.39 is 0 Å². The van der Waals surface area contributed by atoms with Crippen LogP contribution in [-0.4, -0.2) is 24.1 Å². The zero-order valence-electron chi connectivity index (χ0n) is 11.4. The molecule has 0 aliphatic heterocycles. The summed E-state index contributed by atoms with van der Waals surface area (Å²) in [5.41, 5.74) is 2.87. The van der Waals surface area contributed by atoms with Gasteiger partial charge in [-0.25, -0.2) is 9.37 Å². The summed E-state index contributed by atoms with van der Waals surface area (Å²) in [6.45, 7) is 1.98. The molecule has 5 heteroatoms. The lowest BCUT2D eigenvalue weighted by molar-refractivity contribution is 0.408. The lowest BCUT2D eigenvalue weighted by Crippen LogP contribution is -1.98. The fraction of sp³-hybridized carbons (Fsp3) is 0.357. The number of ether oxygens (including phenoxy) is 1. The highest BCUT2D eigenvalue weighted by Gasteiger charge is 2.09. The molecule has 0 aliphatic rings. The predicted octanol–water partition coefficient (Wildman–Crippen LogP) is 2.69. The minimum atomic E-state index is -0.245. The lowest BCUT2D eigenvalue weighted by atomic mass is 10.1. The van der Waals surface area contributed by atoms with E-state index >= 15 is 0 Å². The number of aromatic amines is 1. The Morgan fingerprint density at radius 3 is 2.79 bits per heavy atom. The predicted molar refractivity (Wildman–Crippen MR) is 73.2 cm³/mol. The van der Waals surface area contributed by atoms with Crippen LogP contribution in [0, 0.1) is 12.7 Å². The van der Waals surface area contributed by atoms with E-state index in [1.54, 1.807) is 13.2 Å². The van der Waals surface area contributed by atoms with E-state index in [-0.39, 0.29) is 5.82 Å². The fourth-order valence-electron chi connectivity index (χ4n) is 2.05. The molecule has 0 radical (unpaired) electrons. The monoisotopic (exact) mass is 263 g/mol. The molecule has 0 aliphatic carbocycles. The van der Waals surface area contributed by atoms with Crippen molar-refractivity contribution in [1.82, 2.24) is 9.97 Å². The van der Waals surface area contributed by atoms with E-state index in [0.717, 1.165) is 29.3 Å². The second-order valence-electron chi connectivity index (χ2n) is 4.36. The summed E-state index contributed by atoms with van der Waals surface area (Å²) < 4.78 is 18.5. The molecule has 0 bridgehead atoms. The third kappa shape index (κ3) is 3.05. The fourth-order valence-corrected chi connectivity index (χ4v) is 2.05. The van der Waals surface area contributed by atoms with Gasteiger partial charge in [-0.15, -0.1) is 0 Å². The average Bonchev–Trinajstić information content (AvgIpc) is 2.77. The summed E-state index contributed by atoms with van der Waals surface area (Å²) in [5.74, 6) is 1.22. The molecule has 0 amide bonds. The van der Waals surface area contributed by atoms with Crippen LogP contribution in [0.4, 0.5) is 10.3 Å². The second kappa shape index (κ2) is 5.73. The molecule has 1 heterocycles. The van der Waals surface area contributed by atoms with Crippen LogP contribution in [0.5, 0.6) is 5.75 Å². The topological polar surface area (TPSA) is 49.9 Å². The van der Waals surface area contributed by atoms with Gasteiger partial charge in [0.15, 0.2) is 5.95 Å². The zero-order chi connectivity index (χ0) is 13.8. The van der Waals surface area contributed by atoms with Crippen LogP contribution in [0.2, 0.25) is 0 Å². The van der Waals surface area contributed by atoms with Gasteiger partial charge in [-0.2, -0.15) is 0 Å². The molecular weight excluding hydrogens is 245 g/mol. The van der Waals surface area contributed by atoms with Crippen LogP contribution >= 0.6 is 0 Å². The highest BCUT2D eigenvalue weighted by molar-refractivity contribution is 5.35. The number of hydrogen-bond acceptors (Lipinski definition) is 3. The molecule has 102 valence electrons. The first-order valence-corrected chi connectivity index (χ1v) is 6.19. The maximum Gasteiger partial charge on any atom is 0.200 e. The lowest BCUT2D eigenvalue weighted by Gasteiger charge is -2.07.